The lowest BCUT2D eigenvalue weighted by molar-refractivity contribution is -0.141. The average molecular weight is 328 g/mol. The zero-order valence-electron chi connectivity index (χ0n) is 12.7. The van der Waals surface area contributed by atoms with Gasteiger partial charge in [-0.15, -0.1) is 0 Å². The van der Waals surface area contributed by atoms with Gasteiger partial charge in [-0.05, 0) is 12.1 Å². The van der Waals surface area contributed by atoms with Crippen molar-refractivity contribution in [2.45, 2.75) is 6.18 Å². The quantitative estimate of drug-likeness (QED) is 0.878. The van der Waals surface area contributed by atoms with Crippen LogP contribution in [-0.4, -0.2) is 31.2 Å². The Bertz CT molecular complexity index is 692. The Morgan fingerprint density at radius 2 is 1.78 bits per heavy atom. The molecule has 0 unspecified atom stereocenters. The zero-order valence-corrected chi connectivity index (χ0v) is 12.7. The van der Waals surface area contributed by atoms with Crippen LogP contribution < -0.4 is 20.1 Å². The molecule has 0 aliphatic heterocycles. The van der Waals surface area contributed by atoms with E-state index in [4.69, 9.17) is 9.47 Å². The molecular formula is C14H15F3N4O2. The Kier molecular flexibility index (Phi) is 4.77. The second kappa shape index (κ2) is 6.59. The van der Waals surface area contributed by atoms with E-state index in [1.54, 1.807) is 18.2 Å². The van der Waals surface area contributed by atoms with Crippen LogP contribution in [-0.2, 0) is 6.18 Å². The number of halogens is 3. The highest BCUT2D eigenvalue weighted by Crippen LogP contribution is 2.33. The van der Waals surface area contributed by atoms with Crippen LogP contribution in [0.1, 0.15) is 5.69 Å². The SMILES string of the molecule is CNc1nc(Nc2ccc(OC)cc2OC)cc(C(F)(F)F)n1. The number of rotatable bonds is 5. The monoisotopic (exact) mass is 328 g/mol. The minimum absolute atomic E-state index is 0.0138. The minimum Gasteiger partial charge on any atom is -0.497 e. The van der Waals surface area contributed by atoms with Crippen LogP contribution in [0.25, 0.3) is 0 Å². The molecule has 2 rings (SSSR count). The number of nitrogens with one attached hydrogen (secondary N) is 2. The summed E-state index contributed by atoms with van der Waals surface area (Å²) >= 11 is 0. The van der Waals surface area contributed by atoms with Gasteiger partial charge >= 0.3 is 6.18 Å². The summed E-state index contributed by atoms with van der Waals surface area (Å²) in [6.45, 7) is 0. The van der Waals surface area contributed by atoms with E-state index in [1.165, 1.54) is 21.3 Å². The first-order chi connectivity index (χ1) is 10.9. The predicted molar refractivity (Wildman–Crippen MR) is 79.4 cm³/mol. The number of nitrogens with zero attached hydrogens (tertiary/aromatic N) is 2. The lowest BCUT2D eigenvalue weighted by Crippen LogP contribution is -2.12. The molecule has 0 spiro atoms. The highest BCUT2D eigenvalue weighted by molar-refractivity contribution is 5.66. The second-order valence-electron chi connectivity index (χ2n) is 4.40. The summed E-state index contributed by atoms with van der Waals surface area (Å²) in [5.74, 6) is 0.805. The Hall–Kier alpha value is -2.71. The molecule has 23 heavy (non-hydrogen) atoms. The maximum absolute atomic E-state index is 12.9. The number of ether oxygens (including phenoxy) is 2. The first kappa shape index (κ1) is 16.7. The summed E-state index contributed by atoms with van der Waals surface area (Å²) in [7, 11) is 4.38. The van der Waals surface area contributed by atoms with Crippen molar-refractivity contribution >= 4 is 17.5 Å². The van der Waals surface area contributed by atoms with Crippen LogP contribution in [0, 0.1) is 0 Å². The molecule has 6 nitrogen and oxygen atoms in total. The van der Waals surface area contributed by atoms with Crippen LogP contribution in [0.5, 0.6) is 11.5 Å². The predicted octanol–water partition coefficient (Wildman–Crippen LogP) is 3.30. The number of benzene rings is 1. The number of methoxy groups -OCH3 is 2. The van der Waals surface area contributed by atoms with E-state index in [-0.39, 0.29) is 11.8 Å². The van der Waals surface area contributed by atoms with E-state index in [2.05, 4.69) is 20.6 Å². The molecule has 0 bridgehead atoms. The molecule has 2 aromatic rings. The Morgan fingerprint density at radius 1 is 1.04 bits per heavy atom. The van der Waals surface area contributed by atoms with Gasteiger partial charge in [-0.25, -0.2) is 4.98 Å². The smallest absolute Gasteiger partial charge is 0.433 e. The molecule has 0 fully saturated rings. The molecular weight excluding hydrogens is 313 g/mol. The lowest BCUT2D eigenvalue weighted by Gasteiger charge is -2.14. The third-order valence-electron chi connectivity index (χ3n) is 2.91. The molecule has 2 N–H and O–H groups in total. The maximum Gasteiger partial charge on any atom is 0.433 e. The Morgan fingerprint density at radius 3 is 2.35 bits per heavy atom. The highest BCUT2D eigenvalue weighted by atomic mass is 19.4. The standard InChI is InChI=1S/C14H15F3N4O2/c1-18-13-20-11(14(15,16)17)7-12(21-13)19-9-5-4-8(22-2)6-10(9)23-3/h4-7H,1-3H3,(H2,18,19,20,21). The molecule has 124 valence electrons. The minimum atomic E-state index is -4.57. The van der Waals surface area contributed by atoms with E-state index >= 15 is 0 Å². The molecule has 0 atom stereocenters. The summed E-state index contributed by atoms with van der Waals surface area (Å²) in [6, 6.07) is 5.69. The van der Waals surface area contributed by atoms with Crippen molar-refractivity contribution in [1.82, 2.24) is 9.97 Å². The van der Waals surface area contributed by atoms with Crippen molar-refractivity contribution < 1.29 is 22.6 Å². The molecule has 0 saturated heterocycles. The number of hydrogen-bond donors (Lipinski definition) is 2. The fraction of sp³-hybridized carbons (Fsp3) is 0.286. The van der Waals surface area contributed by atoms with Crippen LogP contribution in [0.4, 0.5) is 30.6 Å². The van der Waals surface area contributed by atoms with E-state index in [1.807, 2.05) is 0 Å². The fourth-order valence-corrected chi connectivity index (χ4v) is 1.81. The van der Waals surface area contributed by atoms with Gasteiger partial charge in [0, 0.05) is 19.2 Å². The number of hydrogen-bond acceptors (Lipinski definition) is 6. The maximum atomic E-state index is 12.9. The normalized spacial score (nSPS) is 11.0. The molecule has 0 aliphatic rings. The summed E-state index contributed by atoms with van der Waals surface area (Å²) in [5, 5.41) is 5.29. The summed E-state index contributed by atoms with van der Waals surface area (Å²) in [6.07, 6.45) is -4.57. The zero-order chi connectivity index (χ0) is 17.0. The molecule has 1 heterocycles. The number of anilines is 3. The molecule has 9 heteroatoms. The van der Waals surface area contributed by atoms with Gasteiger partial charge in [-0.2, -0.15) is 18.2 Å². The average Bonchev–Trinajstić information content (AvgIpc) is 2.54. The molecule has 0 amide bonds. The van der Waals surface area contributed by atoms with Gasteiger partial charge < -0.3 is 20.1 Å². The first-order valence-electron chi connectivity index (χ1n) is 6.50. The van der Waals surface area contributed by atoms with E-state index < -0.39 is 11.9 Å². The Labute approximate surface area is 130 Å². The largest absolute Gasteiger partial charge is 0.497 e. The fourth-order valence-electron chi connectivity index (χ4n) is 1.81. The molecule has 0 saturated carbocycles. The topological polar surface area (TPSA) is 68.3 Å². The van der Waals surface area contributed by atoms with E-state index in [9.17, 15) is 13.2 Å². The molecule has 1 aromatic carbocycles. The van der Waals surface area contributed by atoms with Crippen molar-refractivity contribution in [3.63, 3.8) is 0 Å². The summed E-state index contributed by atoms with van der Waals surface area (Å²) < 4.78 is 48.9. The molecule has 1 aromatic heterocycles. The summed E-state index contributed by atoms with van der Waals surface area (Å²) in [4.78, 5) is 7.35. The Balaban J connectivity index is 2.40. The van der Waals surface area contributed by atoms with Gasteiger partial charge in [0.2, 0.25) is 5.95 Å². The number of aromatic nitrogens is 2. The van der Waals surface area contributed by atoms with Crippen molar-refractivity contribution in [2.24, 2.45) is 0 Å². The van der Waals surface area contributed by atoms with Gasteiger partial charge in [-0.1, -0.05) is 0 Å². The first-order valence-corrected chi connectivity index (χ1v) is 6.50. The van der Waals surface area contributed by atoms with Crippen LogP contribution in [0.2, 0.25) is 0 Å². The van der Waals surface area contributed by atoms with Crippen LogP contribution in [0.15, 0.2) is 24.3 Å². The van der Waals surface area contributed by atoms with Gasteiger partial charge in [0.15, 0.2) is 5.69 Å². The van der Waals surface area contributed by atoms with Gasteiger partial charge in [0.1, 0.15) is 17.3 Å². The van der Waals surface area contributed by atoms with E-state index in [0.717, 1.165) is 6.07 Å². The van der Waals surface area contributed by atoms with Crippen molar-refractivity contribution in [1.29, 1.82) is 0 Å². The lowest BCUT2D eigenvalue weighted by atomic mass is 10.2. The van der Waals surface area contributed by atoms with Crippen molar-refractivity contribution in [2.75, 3.05) is 31.9 Å². The van der Waals surface area contributed by atoms with Crippen molar-refractivity contribution in [3.05, 3.63) is 30.0 Å². The van der Waals surface area contributed by atoms with E-state index in [0.29, 0.717) is 17.2 Å². The van der Waals surface area contributed by atoms with Crippen molar-refractivity contribution in [3.8, 4) is 11.5 Å². The van der Waals surface area contributed by atoms with Crippen LogP contribution >= 0.6 is 0 Å². The summed E-state index contributed by atoms with van der Waals surface area (Å²) in [5.41, 5.74) is -0.603. The number of alkyl halides is 3. The molecule has 0 aliphatic carbocycles. The third kappa shape index (κ3) is 3.93. The van der Waals surface area contributed by atoms with Crippen LogP contribution in [0.3, 0.4) is 0 Å². The van der Waals surface area contributed by atoms with Gasteiger partial charge in [-0.3, -0.25) is 0 Å². The van der Waals surface area contributed by atoms with Gasteiger partial charge in [0.25, 0.3) is 0 Å². The van der Waals surface area contributed by atoms with Gasteiger partial charge in [0.05, 0.1) is 19.9 Å². The highest BCUT2D eigenvalue weighted by Gasteiger charge is 2.33. The third-order valence-corrected chi connectivity index (χ3v) is 2.91. The second-order valence-corrected chi connectivity index (χ2v) is 4.40. The molecule has 0 radical (unpaired) electrons.